The molecule has 0 N–H and O–H groups in total. The van der Waals surface area contributed by atoms with E-state index < -0.39 is 0 Å². The number of rotatable bonds is 1. The van der Waals surface area contributed by atoms with Crippen LogP contribution in [0.25, 0.3) is 0 Å². The van der Waals surface area contributed by atoms with E-state index in [2.05, 4.69) is 11.9 Å². The maximum absolute atomic E-state index is 11.8. The monoisotopic (exact) mass is 203 g/mol. The summed E-state index contributed by atoms with van der Waals surface area (Å²) in [5.41, 5.74) is 0. The van der Waals surface area contributed by atoms with Crippen LogP contribution in [0.3, 0.4) is 0 Å². The predicted molar refractivity (Wildman–Crippen MR) is 56.9 cm³/mol. The van der Waals surface area contributed by atoms with Crippen molar-refractivity contribution in [2.75, 3.05) is 0 Å². The topological polar surface area (TPSA) is 38.1 Å². The summed E-state index contributed by atoms with van der Waals surface area (Å²) in [7, 11) is 0. The van der Waals surface area contributed by atoms with Crippen molar-refractivity contribution < 1.29 is 4.79 Å². The van der Waals surface area contributed by atoms with Gasteiger partial charge in [-0.05, 0) is 12.3 Å². The highest BCUT2D eigenvalue weighted by atomic mass is 16.2. The molecule has 15 heavy (non-hydrogen) atoms. The molecular weight excluding hydrogens is 190 g/mol. The maximum Gasteiger partial charge on any atom is 0.337 e. The molecule has 1 aromatic rings. The predicted octanol–water partition coefficient (Wildman–Crippen LogP) is 2.22. The molecule has 1 aliphatic heterocycles. The molecule has 4 heteroatoms. The summed E-state index contributed by atoms with van der Waals surface area (Å²) < 4.78 is 1.45. The van der Waals surface area contributed by atoms with Crippen LogP contribution in [0, 0.1) is 5.92 Å². The van der Waals surface area contributed by atoms with E-state index in [-0.39, 0.29) is 6.03 Å². The number of amides is 1. The van der Waals surface area contributed by atoms with Gasteiger partial charge in [0.15, 0.2) is 0 Å². The maximum atomic E-state index is 11.8. The molecule has 1 aliphatic rings. The third kappa shape index (κ3) is 1.98. The summed E-state index contributed by atoms with van der Waals surface area (Å²) in [6.45, 7) is 2.12. The fraction of sp³-hybridized carbons (Fsp3) is 0.273. The fourth-order valence-corrected chi connectivity index (χ4v) is 1.43. The molecule has 0 saturated carbocycles. The van der Waals surface area contributed by atoms with Crippen LogP contribution >= 0.6 is 0 Å². The smallest absolute Gasteiger partial charge is 0.277 e. The normalized spacial score (nSPS) is 15.9. The van der Waals surface area contributed by atoms with Gasteiger partial charge in [0.1, 0.15) is 6.33 Å². The van der Waals surface area contributed by atoms with Gasteiger partial charge in [0.05, 0.1) is 0 Å². The van der Waals surface area contributed by atoms with E-state index >= 15 is 0 Å². The summed E-state index contributed by atoms with van der Waals surface area (Å²) in [6, 6.07) is -0.116. The third-order valence-electron chi connectivity index (χ3n) is 2.41. The summed E-state index contributed by atoms with van der Waals surface area (Å²) in [5.74, 6) is 0.442. The van der Waals surface area contributed by atoms with Crippen molar-refractivity contribution in [2.45, 2.75) is 13.3 Å². The van der Waals surface area contributed by atoms with E-state index in [1.54, 1.807) is 29.7 Å². The number of allylic oxidation sites excluding steroid dienone is 2. The van der Waals surface area contributed by atoms with Crippen LogP contribution in [0.4, 0.5) is 4.79 Å². The molecule has 0 spiro atoms. The molecular formula is C11H13N3O. The standard InChI is InChI=1S/C11H13N3O/c1-2-10-3-6-13(7-4-10)11(15)14-8-5-12-9-14/h3-10H,2H2,1H3. The Morgan fingerprint density at radius 3 is 2.67 bits per heavy atom. The number of hydrogen-bond donors (Lipinski definition) is 0. The molecule has 0 aromatic carbocycles. The number of nitrogens with zero attached hydrogens (tertiary/aromatic N) is 3. The molecule has 0 atom stereocenters. The van der Waals surface area contributed by atoms with Crippen molar-refractivity contribution in [3.05, 3.63) is 43.3 Å². The van der Waals surface area contributed by atoms with Gasteiger partial charge in [-0.1, -0.05) is 19.1 Å². The van der Waals surface area contributed by atoms with Gasteiger partial charge in [0, 0.05) is 24.8 Å². The number of carbonyl (C=O) groups is 1. The van der Waals surface area contributed by atoms with Crippen molar-refractivity contribution in [1.29, 1.82) is 0 Å². The van der Waals surface area contributed by atoms with Gasteiger partial charge in [0.2, 0.25) is 0 Å². The highest BCUT2D eigenvalue weighted by molar-refractivity contribution is 5.78. The Morgan fingerprint density at radius 2 is 2.13 bits per heavy atom. The lowest BCUT2D eigenvalue weighted by Gasteiger charge is -2.19. The van der Waals surface area contributed by atoms with Crippen LogP contribution in [0.5, 0.6) is 0 Å². The van der Waals surface area contributed by atoms with Crippen LogP contribution in [0.2, 0.25) is 0 Å². The minimum atomic E-state index is -0.116. The molecule has 4 nitrogen and oxygen atoms in total. The average Bonchev–Trinajstić information content (AvgIpc) is 2.82. The van der Waals surface area contributed by atoms with Gasteiger partial charge in [-0.3, -0.25) is 9.47 Å². The van der Waals surface area contributed by atoms with Crippen LogP contribution < -0.4 is 0 Å². The van der Waals surface area contributed by atoms with Crippen LogP contribution in [0.15, 0.2) is 43.3 Å². The van der Waals surface area contributed by atoms with Crippen molar-refractivity contribution in [2.24, 2.45) is 5.92 Å². The summed E-state index contributed by atoms with van der Waals surface area (Å²) >= 11 is 0. The second kappa shape index (κ2) is 4.13. The first-order valence-electron chi connectivity index (χ1n) is 4.98. The first-order chi connectivity index (χ1) is 7.31. The van der Waals surface area contributed by atoms with Gasteiger partial charge in [-0.25, -0.2) is 9.78 Å². The molecule has 0 radical (unpaired) electrons. The number of aromatic nitrogens is 2. The Balaban J connectivity index is 2.09. The Bertz CT molecular complexity index is 378. The van der Waals surface area contributed by atoms with Crippen molar-refractivity contribution in [3.8, 4) is 0 Å². The SMILES string of the molecule is CCC1C=CN(C(=O)n2ccnc2)C=C1. The minimum Gasteiger partial charge on any atom is -0.277 e. The van der Waals surface area contributed by atoms with Gasteiger partial charge < -0.3 is 0 Å². The van der Waals surface area contributed by atoms with Crippen LogP contribution in [0.1, 0.15) is 13.3 Å². The number of carbonyl (C=O) groups excluding carboxylic acids is 1. The second-order valence-electron chi connectivity index (χ2n) is 3.41. The quantitative estimate of drug-likeness (QED) is 0.702. The van der Waals surface area contributed by atoms with E-state index in [0.717, 1.165) is 6.42 Å². The van der Waals surface area contributed by atoms with Crippen LogP contribution in [-0.2, 0) is 0 Å². The highest BCUT2D eigenvalue weighted by Crippen LogP contribution is 2.14. The van der Waals surface area contributed by atoms with Crippen molar-refractivity contribution >= 4 is 6.03 Å². The summed E-state index contributed by atoms with van der Waals surface area (Å²) in [6.07, 6.45) is 13.4. The van der Waals surface area contributed by atoms with E-state index in [1.165, 1.54) is 10.9 Å². The van der Waals surface area contributed by atoms with Gasteiger partial charge in [-0.15, -0.1) is 0 Å². The molecule has 1 amide bonds. The van der Waals surface area contributed by atoms with Crippen molar-refractivity contribution in [3.63, 3.8) is 0 Å². The lowest BCUT2D eigenvalue weighted by atomic mass is 10.1. The van der Waals surface area contributed by atoms with Crippen molar-refractivity contribution in [1.82, 2.24) is 14.5 Å². The Labute approximate surface area is 88.5 Å². The molecule has 0 aliphatic carbocycles. The minimum absolute atomic E-state index is 0.116. The summed E-state index contributed by atoms with van der Waals surface area (Å²) in [4.78, 5) is 17.2. The zero-order valence-electron chi connectivity index (χ0n) is 8.58. The first kappa shape index (κ1) is 9.71. The number of imidazole rings is 1. The molecule has 0 unspecified atom stereocenters. The lowest BCUT2D eigenvalue weighted by Crippen LogP contribution is -2.26. The molecule has 0 bridgehead atoms. The van der Waals surface area contributed by atoms with E-state index in [0.29, 0.717) is 5.92 Å². The molecule has 1 aromatic heterocycles. The van der Waals surface area contributed by atoms with Crippen LogP contribution in [-0.4, -0.2) is 20.5 Å². The molecule has 0 saturated heterocycles. The average molecular weight is 203 g/mol. The largest absolute Gasteiger partial charge is 0.337 e. The zero-order valence-corrected chi connectivity index (χ0v) is 8.58. The molecule has 2 rings (SSSR count). The lowest BCUT2D eigenvalue weighted by molar-refractivity contribution is 0.227. The molecule has 2 heterocycles. The third-order valence-corrected chi connectivity index (χ3v) is 2.41. The van der Waals surface area contributed by atoms with E-state index in [4.69, 9.17) is 0 Å². The van der Waals surface area contributed by atoms with Gasteiger partial charge in [0.25, 0.3) is 0 Å². The zero-order chi connectivity index (χ0) is 10.7. The Hall–Kier alpha value is -1.84. The number of hydrogen-bond acceptors (Lipinski definition) is 2. The van der Waals surface area contributed by atoms with Gasteiger partial charge >= 0.3 is 6.03 Å². The highest BCUT2D eigenvalue weighted by Gasteiger charge is 2.13. The Kier molecular flexibility index (Phi) is 2.67. The summed E-state index contributed by atoms with van der Waals surface area (Å²) in [5, 5.41) is 0. The second-order valence-corrected chi connectivity index (χ2v) is 3.41. The molecule has 0 fully saturated rings. The van der Waals surface area contributed by atoms with E-state index in [9.17, 15) is 4.79 Å². The first-order valence-corrected chi connectivity index (χ1v) is 4.98. The molecule has 78 valence electrons. The fourth-order valence-electron chi connectivity index (χ4n) is 1.43. The van der Waals surface area contributed by atoms with E-state index in [1.807, 2.05) is 12.2 Å². The Morgan fingerprint density at radius 1 is 1.40 bits per heavy atom. The van der Waals surface area contributed by atoms with Gasteiger partial charge in [-0.2, -0.15) is 0 Å².